The predicted octanol–water partition coefficient (Wildman–Crippen LogP) is 4.55. The van der Waals surface area contributed by atoms with Crippen LogP contribution < -0.4 is 15.4 Å². The normalized spacial score (nSPS) is 12.1. The standard InChI is InChI=1S/C22H19N3O2.C2HF3O2/c1-15(26)23-17-9-12-20-21(14-17)25-22(24-20)13-16-7-10-19(11-8-16)27-18-5-3-2-4-6-18;3-2(4,5)1(6)7/h2-12,14H,13H2,1H3,(H,23,26)(H,24,25);(H,6,7)/p+1. The summed E-state index contributed by atoms with van der Waals surface area (Å²) in [5, 5.41) is 12.0. The van der Waals surface area contributed by atoms with E-state index < -0.39 is 12.1 Å². The number of ether oxygens (including phenoxy) is 1. The summed E-state index contributed by atoms with van der Waals surface area (Å²) < 4.78 is 37.6. The molecule has 0 radical (unpaired) electrons. The fraction of sp³-hybridized carbons (Fsp3) is 0.125. The number of fused-ring (bicyclic) bond motifs is 1. The van der Waals surface area contributed by atoms with Crippen LogP contribution in [0.25, 0.3) is 0 Å². The number of para-hydroxylation sites is 1. The van der Waals surface area contributed by atoms with Crippen LogP contribution in [0.3, 0.4) is 0 Å². The summed E-state index contributed by atoms with van der Waals surface area (Å²) >= 11 is 0. The molecule has 0 aromatic heterocycles. The lowest BCUT2D eigenvalue weighted by atomic mass is 10.1. The van der Waals surface area contributed by atoms with E-state index in [0.29, 0.717) is 0 Å². The van der Waals surface area contributed by atoms with Crippen molar-refractivity contribution in [2.24, 2.45) is 4.99 Å². The van der Waals surface area contributed by atoms with Crippen LogP contribution in [0.15, 0.2) is 77.8 Å². The molecular weight excluding hydrogens is 451 g/mol. The molecule has 0 bridgehead atoms. The number of rotatable bonds is 5. The molecule has 1 heterocycles. The number of hydrogen-bond donors (Lipinski definition) is 3. The van der Waals surface area contributed by atoms with Crippen molar-refractivity contribution >= 4 is 34.8 Å². The SMILES string of the molecule is CC(=O)Nc1ccc2c(c1)N=C(Cc1ccc(Oc3ccccc3)cc1)[NH2+]2.O=C(O)C(F)(F)F. The Hall–Kier alpha value is -4.18. The van der Waals surface area contributed by atoms with E-state index in [1.165, 1.54) is 12.5 Å². The Morgan fingerprint density at radius 3 is 2.21 bits per heavy atom. The molecule has 0 saturated carbocycles. The van der Waals surface area contributed by atoms with E-state index in [-0.39, 0.29) is 5.91 Å². The lowest BCUT2D eigenvalue weighted by Crippen LogP contribution is -2.81. The van der Waals surface area contributed by atoms with Crippen LogP contribution in [0.4, 0.5) is 30.2 Å². The number of halogens is 3. The Balaban J connectivity index is 0.000000406. The first-order valence-corrected chi connectivity index (χ1v) is 10.1. The van der Waals surface area contributed by atoms with Crippen molar-refractivity contribution in [1.29, 1.82) is 0 Å². The van der Waals surface area contributed by atoms with Gasteiger partial charge in [0.2, 0.25) is 11.7 Å². The predicted molar refractivity (Wildman–Crippen MR) is 120 cm³/mol. The lowest BCUT2D eigenvalue weighted by molar-refractivity contribution is -0.440. The van der Waals surface area contributed by atoms with Crippen LogP contribution in [-0.2, 0) is 16.0 Å². The molecule has 0 atom stereocenters. The van der Waals surface area contributed by atoms with Gasteiger partial charge in [0.1, 0.15) is 17.2 Å². The number of carboxylic acid groups (broad SMARTS) is 1. The zero-order valence-corrected chi connectivity index (χ0v) is 18.0. The van der Waals surface area contributed by atoms with Gasteiger partial charge in [0.05, 0.1) is 6.42 Å². The van der Waals surface area contributed by atoms with Crippen molar-refractivity contribution < 1.29 is 37.9 Å². The molecule has 3 aromatic carbocycles. The molecule has 7 nitrogen and oxygen atoms in total. The van der Waals surface area contributed by atoms with Crippen molar-refractivity contribution in [2.45, 2.75) is 19.5 Å². The van der Waals surface area contributed by atoms with Gasteiger partial charge < -0.3 is 15.2 Å². The molecule has 1 aliphatic heterocycles. The van der Waals surface area contributed by atoms with E-state index in [1.807, 2.05) is 60.7 Å². The lowest BCUT2D eigenvalue weighted by Gasteiger charge is -2.06. The van der Waals surface area contributed by atoms with Crippen LogP contribution in [0, 0.1) is 0 Å². The number of nitrogens with two attached hydrogens (primary N) is 1. The smallest absolute Gasteiger partial charge is 0.475 e. The van der Waals surface area contributed by atoms with Crippen molar-refractivity contribution in [1.82, 2.24) is 0 Å². The van der Waals surface area contributed by atoms with Gasteiger partial charge in [-0.2, -0.15) is 18.2 Å². The summed E-state index contributed by atoms with van der Waals surface area (Å²) in [6, 6.07) is 23.6. The minimum atomic E-state index is -5.08. The number of carboxylic acids is 1. The molecule has 10 heteroatoms. The van der Waals surface area contributed by atoms with Gasteiger partial charge in [0.25, 0.3) is 0 Å². The molecule has 4 N–H and O–H groups in total. The monoisotopic (exact) mass is 472 g/mol. The first-order chi connectivity index (χ1) is 16.1. The van der Waals surface area contributed by atoms with E-state index in [1.54, 1.807) is 0 Å². The van der Waals surface area contributed by atoms with Gasteiger partial charge in [-0.3, -0.25) is 10.1 Å². The second-order valence-electron chi connectivity index (χ2n) is 7.24. The molecule has 0 unspecified atom stereocenters. The molecule has 176 valence electrons. The van der Waals surface area contributed by atoms with Gasteiger partial charge in [-0.05, 0) is 42.0 Å². The van der Waals surface area contributed by atoms with Gasteiger partial charge >= 0.3 is 12.1 Å². The maximum Gasteiger partial charge on any atom is 0.490 e. The van der Waals surface area contributed by atoms with E-state index in [4.69, 9.17) is 14.6 Å². The molecule has 1 aliphatic rings. The minimum Gasteiger partial charge on any atom is -0.475 e. The third-order valence-electron chi connectivity index (χ3n) is 4.47. The van der Waals surface area contributed by atoms with Crippen molar-refractivity contribution in [2.75, 3.05) is 5.32 Å². The number of aliphatic imine (C=N–C) groups is 1. The molecule has 0 spiro atoms. The highest BCUT2D eigenvalue weighted by Crippen LogP contribution is 2.28. The van der Waals surface area contributed by atoms with E-state index in [2.05, 4.69) is 27.8 Å². The molecule has 4 rings (SSSR count). The summed E-state index contributed by atoms with van der Waals surface area (Å²) in [4.78, 5) is 24.8. The van der Waals surface area contributed by atoms with Crippen molar-refractivity contribution in [3.63, 3.8) is 0 Å². The number of amidine groups is 1. The van der Waals surface area contributed by atoms with Crippen LogP contribution >= 0.6 is 0 Å². The Morgan fingerprint density at radius 2 is 1.62 bits per heavy atom. The molecule has 3 aromatic rings. The van der Waals surface area contributed by atoms with Crippen LogP contribution in [0.5, 0.6) is 11.5 Å². The molecule has 34 heavy (non-hydrogen) atoms. The maximum atomic E-state index is 11.2. The van der Waals surface area contributed by atoms with Crippen LogP contribution in [0.2, 0.25) is 0 Å². The fourth-order valence-electron chi connectivity index (χ4n) is 3.01. The fourth-order valence-corrected chi connectivity index (χ4v) is 3.01. The Labute approximate surface area is 192 Å². The molecular formula is C24H21F3N3O4+. The number of aliphatic carboxylic acids is 1. The Morgan fingerprint density at radius 1 is 1.00 bits per heavy atom. The van der Waals surface area contributed by atoms with Gasteiger partial charge in [-0.15, -0.1) is 0 Å². The number of alkyl halides is 3. The molecule has 1 amide bonds. The van der Waals surface area contributed by atoms with Crippen LogP contribution in [-0.4, -0.2) is 29.0 Å². The molecule has 0 saturated heterocycles. The quantitative estimate of drug-likeness (QED) is 0.474. The minimum absolute atomic E-state index is 0.0843. The summed E-state index contributed by atoms with van der Waals surface area (Å²) in [7, 11) is 0. The summed E-state index contributed by atoms with van der Waals surface area (Å²) in [6.45, 7) is 1.50. The maximum absolute atomic E-state index is 11.2. The average molecular weight is 472 g/mol. The van der Waals surface area contributed by atoms with Gasteiger partial charge in [0.15, 0.2) is 5.69 Å². The highest BCUT2D eigenvalue weighted by Gasteiger charge is 2.38. The molecule has 0 aliphatic carbocycles. The number of nitrogens with one attached hydrogen (secondary N) is 1. The largest absolute Gasteiger partial charge is 0.490 e. The van der Waals surface area contributed by atoms with Crippen molar-refractivity contribution in [3.05, 3.63) is 78.4 Å². The van der Waals surface area contributed by atoms with E-state index in [0.717, 1.165) is 40.8 Å². The van der Waals surface area contributed by atoms with Gasteiger partial charge in [-0.25, -0.2) is 4.79 Å². The summed E-state index contributed by atoms with van der Waals surface area (Å²) in [5.41, 5.74) is 3.89. The number of anilines is 1. The number of carbonyl (C=O) groups excluding carboxylic acids is 1. The second-order valence-corrected chi connectivity index (χ2v) is 7.24. The van der Waals surface area contributed by atoms with Crippen molar-refractivity contribution in [3.8, 4) is 11.5 Å². The number of amides is 1. The summed E-state index contributed by atoms with van der Waals surface area (Å²) in [5.74, 6) is -0.206. The zero-order chi connectivity index (χ0) is 24.7. The third kappa shape index (κ3) is 7.17. The number of carbonyl (C=O) groups is 2. The van der Waals surface area contributed by atoms with Gasteiger partial charge in [0, 0.05) is 18.7 Å². The Bertz CT molecular complexity index is 1190. The number of benzene rings is 3. The highest BCUT2D eigenvalue weighted by molar-refractivity contribution is 5.92. The first-order valence-electron chi connectivity index (χ1n) is 10.1. The second kappa shape index (κ2) is 10.6. The highest BCUT2D eigenvalue weighted by atomic mass is 19.4. The molecule has 0 fully saturated rings. The first kappa shape index (κ1) is 24.5. The van der Waals surface area contributed by atoms with E-state index in [9.17, 15) is 18.0 Å². The number of nitrogens with zero attached hydrogens (tertiary/aromatic N) is 1. The van der Waals surface area contributed by atoms with Gasteiger partial charge in [-0.1, -0.05) is 30.3 Å². The van der Waals surface area contributed by atoms with E-state index >= 15 is 0 Å². The Kier molecular flexibility index (Phi) is 7.64. The summed E-state index contributed by atoms with van der Waals surface area (Å²) in [6.07, 6.45) is -4.34. The number of quaternary nitrogens is 1. The number of hydrogen-bond acceptors (Lipinski definition) is 4. The topological polar surface area (TPSA) is 105 Å². The van der Waals surface area contributed by atoms with Crippen LogP contribution in [0.1, 0.15) is 12.5 Å². The zero-order valence-electron chi connectivity index (χ0n) is 18.0. The third-order valence-corrected chi connectivity index (χ3v) is 4.47. The average Bonchev–Trinajstić information content (AvgIpc) is 3.17.